The molecule has 0 radical (unpaired) electrons. The van der Waals surface area contributed by atoms with Gasteiger partial charge >= 0.3 is 0 Å². The topological polar surface area (TPSA) is 45.7 Å². The van der Waals surface area contributed by atoms with E-state index in [2.05, 4.69) is 41.2 Å². The van der Waals surface area contributed by atoms with Crippen molar-refractivity contribution in [3.8, 4) is 0 Å². The van der Waals surface area contributed by atoms with Gasteiger partial charge in [-0.3, -0.25) is 9.78 Å². The Bertz CT molecular complexity index is 742. The number of nitrogens with zero attached hydrogens (tertiary/aromatic N) is 3. The van der Waals surface area contributed by atoms with Gasteiger partial charge in [0.1, 0.15) is 5.69 Å². The minimum atomic E-state index is -0.0887. The molecule has 2 saturated heterocycles. The molecule has 0 bridgehead atoms. The molecule has 1 amide bonds. The third-order valence-corrected chi connectivity index (χ3v) is 5.75. The molecule has 5 nitrogen and oxygen atoms in total. The summed E-state index contributed by atoms with van der Waals surface area (Å²) < 4.78 is 6.28. The van der Waals surface area contributed by atoms with E-state index >= 15 is 0 Å². The van der Waals surface area contributed by atoms with Crippen LogP contribution >= 0.6 is 0 Å². The lowest BCUT2D eigenvalue weighted by Crippen LogP contribution is -2.47. The number of hydrogen-bond donors (Lipinski definition) is 0. The van der Waals surface area contributed by atoms with Crippen LogP contribution in [0.15, 0.2) is 54.7 Å². The number of carbonyl (C=O) groups excluding carboxylic acids is 1. The number of rotatable bonds is 3. The maximum absolute atomic E-state index is 12.6. The van der Waals surface area contributed by atoms with Crippen LogP contribution in [0.4, 0.5) is 5.69 Å². The molecular weight excluding hydrogens is 326 g/mol. The molecule has 0 aliphatic carbocycles. The highest BCUT2D eigenvalue weighted by Crippen LogP contribution is 2.38. The largest absolute Gasteiger partial charge is 0.373 e. The van der Waals surface area contributed by atoms with Gasteiger partial charge in [-0.05, 0) is 43.5 Å². The highest BCUT2D eigenvalue weighted by atomic mass is 16.5. The quantitative estimate of drug-likeness (QED) is 0.853. The van der Waals surface area contributed by atoms with Gasteiger partial charge in [0.25, 0.3) is 5.91 Å². The number of para-hydroxylation sites is 1. The van der Waals surface area contributed by atoms with Gasteiger partial charge in [-0.15, -0.1) is 0 Å². The zero-order chi connectivity index (χ0) is 18.0. The van der Waals surface area contributed by atoms with Crippen molar-refractivity contribution in [3.63, 3.8) is 0 Å². The summed E-state index contributed by atoms with van der Waals surface area (Å²) in [5.74, 6) is 0.0244. The summed E-state index contributed by atoms with van der Waals surface area (Å²) in [5.41, 5.74) is 1.66. The summed E-state index contributed by atoms with van der Waals surface area (Å²) in [6, 6.07) is 16.3. The Balaban J connectivity index is 1.37. The number of amides is 1. The number of anilines is 1. The molecule has 4 rings (SSSR count). The molecular formula is C21H25N3O2. The predicted molar refractivity (Wildman–Crippen MR) is 101 cm³/mol. The van der Waals surface area contributed by atoms with Crippen LogP contribution in [-0.2, 0) is 4.74 Å². The SMILES string of the molecule is CN(c1ccccc1)[C@H]1COC2(CCN(C(=O)c3ccccn3)CC2)C1. The second-order valence-electron chi connectivity index (χ2n) is 7.31. The van der Waals surface area contributed by atoms with Crippen LogP contribution in [0.3, 0.4) is 0 Å². The van der Waals surface area contributed by atoms with E-state index < -0.39 is 0 Å². The van der Waals surface area contributed by atoms with Crippen molar-refractivity contribution in [2.75, 3.05) is 31.6 Å². The molecule has 1 aromatic carbocycles. The Morgan fingerprint density at radius 2 is 1.88 bits per heavy atom. The smallest absolute Gasteiger partial charge is 0.272 e. The molecule has 5 heteroatoms. The lowest BCUT2D eigenvalue weighted by molar-refractivity contribution is -0.0389. The minimum absolute atomic E-state index is 0.0244. The summed E-state index contributed by atoms with van der Waals surface area (Å²) in [6.45, 7) is 2.22. The van der Waals surface area contributed by atoms with Crippen molar-refractivity contribution >= 4 is 11.6 Å². The van der Waals surface area contributed by atoms with Crippen molar-refractivity contribution < 1.29 is 9.53 Å². The van der Waals surface area contributed by atoms with Crippen LogP contribution in [0, 0.1) is 0 Å². The number of ether oxygens (including phenoxy) is 1. The van der Waals surface area contributed by atoms with Crippen LogP contribution < -0.4 is 4.90 Å². The molecule has 26 heavy (non-hydrogen) atoms. The van der Waals surface area contributed by atoms with Crippen molar-refractivity contribution in [1.29, 1.82) is 0 Å². The number of piperidine rings is 1. The number of benzene rings is 1. The molecule has 0 saturated carbocycles. The third kappa shape index (κ3) is 3.31. The molecule has 3 heterocycles. The number of likely N-dealkylation sites (tertiary alicyclic amines) is 1. The van der Waals surface area contributed by atoms with Crippen LogP contribution in [0.2, 0.25) is 0 Å². The predicted octanol–water partition coefficient (Wildman–Crippen LogP) is 2.98. The normalized spacial score (nSPS) is 21.7. The van der Waals surface area contributed by atoms with E-state index in [0.29, 0.717) is 11.7 Å². The number of hydrogen-bond acceptors (Lipinski definition) is 4. The highest BCUT2D eigenvalue weighted by Gasteiger charge is 2.44. The lowest BCUT2D eigenvalue weighted by Gasteiger charge is -2.39. The van der Waals surface area contributed by atoms with Gasteiger partial charge in [-0.2, -0.15) is 0 Å². The van der Waals surface area contributed by atoms with Crippen LogP contribution in [0.25, 0.3) is 0 Å². The first-order valence-corrected chi connectivity index (χ1v) is 9.29. The molecule has 1 atom stereocenters. The first-order chi connectivity index (χ1) is 12.7. The van der Waals surface area contributed by atoms with E-state index in [1.807, 2.05) is 23.1 Å². The molecule has 2 aromatic rings. The Kier molecular flexibility index (Phi) is 4.64. The van der Waals surface area contributed by atoms with E-state index in [-0.39, 0.29) is 11.5 Å². The van der Waals surface area contributed by atoms with Gasteiger partial charge in [-0.1, -0.05) is 24.3 Å². The molecule has 1 spiro atoms. The van der Waals surface area contributed by atoms with Crippen LogP contribution in [0.5, 0.6) is 0 Å². The van der Waals surface area contributed by atoms with E-state index in [0.717, 1.165) is 39.0 Å². The van der Waals surface area contributed by atoms with Gasteiger partial charge in [0, 0.05) is 32.0 Å². The van der Waals surface area contributed by atoms with E-state index in [1.54, 1.807) is 12.3 Å². The Hall–Kier alpha value is -2.40. The summed E-state index contributed by atoms with van der Waals surface area (Å²) in [5, 5.41) is 0. The number of likely N-dealkylation sites (N-methyl/N-ethyl adjacent to an activating group) is 1. The summed E-state index contributed by atoms with van der Waals surface area (Å²) in [4.78, 5) is 21.0. The summed E-state index contributed by atoms with van der Waals surface area (Å²) >= 11 is 0. The Labute approximate surface area is 154 Å². The number of carbonyl (C=O) groups is 1. The van der Waals surface area contributed by atoms with Crippen molar-refractivity contribution in [2.24, 2.45) is 0 Å². The molecule has 2 fully saturated rings. The maximum atomic E-state index is 12.6. The van der Waals surface area contributed by atoms with Gasteiger partial charge in [0.05, 0.1) is 18.2 Å². The fourth-order valence-electron chi connectivity index (χ4n) is 4.06. The average molecular weight is 351 g/mol. The van der Waals surface area contributed by atoms with Crippen LogP contribution in [0.1, 0.15) is 29.8 Å². The van der Waals surface area contributed by atoms with Gasteiger partial charge in [0.15, 0.2) is 0 Å². The first kappa shape index (κ1) is 17.0. The summed E-state index contributed by atoms with van der Waals surface area (Å²) in [6.07, 6.45) is 4.47. The summed E-state index contributed by atoms with van der Waals surface area (Å²) in [7, 11) is 2.14. The van der Waals surface area contributed by atoms with Crippen LogP contribution in [-0.4, -0.2) is 54.2 Å². The van der Waals surface area contributed by atoms with E-state index in [9.17, 15) is 4.79 Å². The molecule has 0 N–H and O–H groups in total. The minimum Gasteiger partial charge on any atom is -0.373 e. The van der Waals surface area contributed by atoms with Gasteiger partial charge in [0.2, 0.25) is 0 Å². The Morgan fingerprint density at radius 3 is 2.58 bits per heavy atom. The van der Waals surface area contributed by atoms with Gasteiger partial charge in [-0.25, -0.2) is 0 Å². The highest BCUT2D eigenvalue weighted by molar-refractivity contribution is 5.92. The monoisotopic (exact) mass is 351 g/mol. The number of pyridine rings is 1. The fraction of sp³-hybridized carbons (Fsp3) is 0.429. The Morgan fingerprint density at radius 1 is 1.15 bits per heavy atom. The lowest BCUT2D eigenvalue weighted by atomic mass is 9.87. The van der Waals surface area contributed by atoms with E-state index in [1.165, 1.54) is 5.69 Å². The molecule has 0 unspecified atom stereocenters. The average Bonchev–Trinajstić information content (AvgIpc) is 3.12. The molecule has 2 aliphatic heterocycles. The zero-order valence-corrected chi connectivity index (χ0v) is 15.2. The second kappa shape index (κ2) is 7.08. The zero-order valence-electron chi connectivity index (χ0n) is 15.2. The van der Waals surface area contributed by atoms with Gasteiger partial charge < -0.3 is 14.5 Å². The number of aromatic nitrogens is 1. The fourth-order valence-corrected chi connectivity index (χ4v) is 4.06. The molecule has 136 valence electrons. The second-order valence-corrected chi connectivity index (χ2v) is 7.31. The maximum Gasteiger partial charge on any atom is 0.272 e. The van der Waals surface area contributed by atoms with Crippen molar-refractivity contribution in [2.45, 2.75) is 30.9 Å². The molecule has 2 aliphatic rings. The standard InChI is InChI=1S/C21H25N3O2/c1-23(17-7-3-2-4-8-17)18-15-21(26-16-18)10-13-24(14-11-21)20(25)19-9-5-6-12-22-19/h2-9,12,18H,10-11,13-16H2,1H3/t18-/m1/s1. The molecule has 1 aromatic heterocycles. The van der Waals surface area contributed by atoms with Crippen molar-refractivity contribution in [1.82, 2.24) is 9.88 Å². The van der Waals surface area contributed by atoms with E-state index in [4.69, 9.17) is 4.74 Å². The van der Waals surface area contributed by atoms with Crippen molar-refractivity contribution in [3.05, 3.63) is 60.4 Å². The third-order valence-electron chi connectivity index (χ3n) is 5.75. The first-order valence-electron chi connectivity index (χ1n) is 9.29.